The average molecular weight is 733 g/mol. The summed E-state index contributed by atoms with van der Waals surface area (Å²) in [5.41, 5.74) is 18.7. The summed E-state index contributed by atoms with van der Waals surface area (Å²) in [5, 5.41) is 3.60. The molecule has 3 unspecified atom stereocenters. The smallest absolute Gasteiger partial charge is 0.143 e. The van der Waals surface area contributed by atoms with E-state index in [2.05, 4.69) is 186 Å². The summed E-state index contributed by atoms with van der Waals surface area (Å²) in [4.78, 5) is 2.40. The van der Waals surface area contributed by atoms with Crippen molar-refractivity contribution in [2.75, 3.05) is 4.90 Å². The molecule has 3 nitrogen and oxygen atoms in total. The van der Waals surface area contributed by atoms with E-state index in [4.69, 9.17) is 4.42 Å². The highest BCUT2D eigenvalue weighted by molar-refractivity contribution is 6.09. The summed E-state index contributed by atoms with van der Waals surface area (Å²) in [7, 11) is 0. The first-order valence-electron chi connectivity index (χ1n) is 20.3. The minimum Gasteiger partial charge on any atom is -0.455 e. The van der Waals surface area contributed by atoms with E-state index < -0.39 is 0 Å². The van der Waals surface area contributed by atoms with Gasteiger partial charge in [-0.05, 0) is 95.2 Å². The molecule has 7 aromatic rings. The lowest BCUT2D eigenvalue weighted by Gasteiger charge is -2.40. The Morgan fingerprint density at radius 1 is 0.684 bits per heavy atom. The zero-order chi connectivity index (χ0) is 37.6. The third-order valence-electron chi connectivity index (χ3n) is 13.1. The van der Waals surface area contributed by atoms with E-state index in [0.29, 0.717) is 17.8 Å². The first-order chi connectivity index (χ1) is 28.2. The monoisotopic (exact) mass is 732 g/mol. The summed E-state index contributed by atoms with van der Waals surface area (Å²) in [5.74, 6) is 1.03. The fourth-order valence-corrected chi connectivity index (χ4v) is 10.5. The quantitative estimate of drug-likeness (QED) is 0.176. The van der Waals surface area contributed by atoms with E-state index >= 15 is 0 Å². The van der Waals surface area contributed by atoms with Crippen LogP contribution in [0.4, 0.5) is 5.69 Å². The summed E-state index contributed by atoms with van der Waals surface area (Å²) in [6, 6.07) is 41.7. The summed E-state index contributed by atoms with van der Waals surface area (Å²) in [6.45, 7) is 4.67. The van der Waals surface area contributed by atoms with Crippen molar-refractivity contribution in [2.45, 2.75) is 37.0 Å². The fraction of sp³-hybridized carbons (Fsp3) is 0.111. The van der Waals surface area contributed by atoms with Crippen LogP contribution in [-0.4, -0.2) is 4.57 Å². The molecule has 0 spiro atoms. The van der Waals surface area contributed by atoms with Gasteiger partial charge in [-0.3, -0.25) is 0 Å². The molecule has 5 aromatic carbocycles. The molecule has 3 heterocycles. The maximum atomic E-state index is 6.45. The molecule has 4 aliphatic carbocycles. The molecule has 0 saturated heterocycles. The van der Waals surface area contributed by atoms with E-state index in [1.807, 2.05) is 6.07 Å². The number of furan rings is 1. The number of rotatable bonds is 5. The molecule has 3 atom stereocenters. The highest BCUT2D eigenvalue weighted by Gasteiger charge is 2.38. The van der Waals surface area contributed by atoms with Crippen LogP contribution < -0.4 is 4.90 Å². The molecule has 272 valence electrons. The largest absolute Gasteiger partial charge is 0.455 e. The van der Waals surface area contributed by atoms with Gasteiger partial charge in [0.15, 0.2) is 0 Å². The van der Waals surface area contributed by atoms with E-state index in [1.54, 1.807) is 0 Å². The number of aromatic nitrogens is 1. The molecule has 0 amide bonds. The van der Waals surface area contributed by atoms with Crippen LogP contribution >= 0.6 is 0 Å². The van der Waals surface area contributed by atoms with Crippen molar-refractivity contribution in [2.24, 2.45) is 0 Å². The van der Waals surface area contributed by atoms with Crippen molar-refractivity contribution in [3.05, 3.63) is 221 Å². The number of nitrogens with zero attached hydrogens (tertiary/aromatic N) is 2. The van der Waals surface area contributed by atoms with Gasteiger partial charge in [0, 0.05) is 74.0 Å². The van der Waals surface area contributed by atoms with E-state index in [1.165, 1.54) is 61.4 Å². The molecular formula is C54H40N2O. The maximum Gasteiger partial charge on any atom is 0.143 e. The Bertz CT molecular complexity index is 3080. The summed E-state index contributed by atoms with van der Waals surface area (Å²) >= 11 is 0. The second-order valence-corrected chi connectivity index (χ2v) is 16.0. The van der Waals surface area contributed by atoms with Gasteiger partial charge in [0.05, 0.1) is 5.52 Å². The molecule has 12 rings (SSSR count). The Morgan fingerprint density at radius 3 is 2.33 bits per heavy atom. The van der Waals surface area contributed by atoms with Crippen molar-refractivity contribution in [1.82, 2.24) is 4.57 Å². The van der Waals surface area contributed by atoms with Crippen LogP contribution in [0.25, 0.3) is 55.7 Å². The van der Waals surface area contributed by atoms with Crippen LogP contribution in [0, 0.1) is 0 Å². The number of allylic oxidation sites excluding steroid dienone is 13. The molecule has 0 radical (unpaired) electrons. The first-order valence-corrected chi connectivity index (χ1v) is 20.3. The lowest BCUT2D eigenvalue weighted by Crippen LogP contribution is -2.26. The predicted molar refractivity (Wildman–Crippen MR) is 237 cm³/mol. The van der Waals surface area contributed by atoms with Crippen molar-refractivity contribution < 1.29 is 4.42 Å². The van der Waals surface area contributed by atoms with Crippen molar-refractivity contribution >= 4 is 50.3 Å². The van der Waals surface area contributed by atoms with Crippen LogP contribution in [0.15, 0.2) is 203 Å². The number of hydrogen-bond acceptors (Lipinski definition) is 2. The van der Waals surface area contributed by atoms with Gasteiger partial charge >= 0.3 is 0 Å². The Hall–Kier alpha value is -6.84. The third kappa shape index (κ3) is 4.85. The molecule has 2 aromatic heterocycles. The standard InChI is InChI=1S/C54H40N2O/c1-34-38-19-10-21-47-45-17-6-8-23-51(45)56(53(38)47)50(34)24-12-32-55(37-30-31-44-42-15-3-2-13-40(42)41-14-4-5-16-43(41)49(44)33-37)36-28-26-35(27-29-36)39-20-11-22-48-46-18-7-9-25-52(46)57-54(39)48/h2-12,14-18,20-32,38,40,49H,1,13,19,33H2. The minimum atomic E-state index is 0.297. The zero-order valence-corrected chi connectivity index (χ0v) is 31.6. The van der Waals surface area contributed by atoms with Gasteiger partial charge in [-0.25, -0.2) is 0 Å². The number of benzene rings is 5. The van der Waals surface area contributed by atoms with Crippen molar-refractivity contribution in [3.8, 4) is 11.1 Å². The van der Waals surface area contributed by atoms with Gasteiger partial charge in [-0.15, -0.1) is 0 Å². The van der Waals surface area contributed by atoms with Crippen molar-refractivity contribution in [1.29, 1.82) is 0 Å². The van der Waals surface area contributed by atoms with Gasteiger partial charge in [0.2, 0.25) is 0 Å². The molecule has 3 heteroatoms. The Kier molecular flexibility index (Phi) is 7.16. The highest BCUT2D eigenvalue weighted by atomic mass is 16.3. The normalized spacial score (nSPS) is 21.1. The molecule has 0 bridgehead atoms. The summed E-state index contributed by atoms with van der Waals surface area (Å²) < 4.78 is 8.90. The lowest BCUT2D eigenvalue weighted by atomic mass is 9.66. The molecule has 0 fully saturated rings. The molecule has 57 heavy (non-hydrogen) atoms. The van der Waals surface area contributed by atoms with E-state index in [9.17, 15) is 0 Å². The van der Waals surface area contributed by atoms with Crippen LogP contribution in [0.5, 0.6) is 0 Å². The summed E-state index contributed by atoms with van der Waals surface area (Å²) in [6.07, 6.45) is 26.0. The minimum absolute atomic E-state index is 0.297. The van der Waals surface area contributed by atoms with Gasteiger partial charge in [-0.2, -0.15) is 0 Å². The van der Waals surface area contributed by atoms with Crippen LogP contribution in [0.1, 0.15) is 59.4 Å². The molecule has 0 saturated carbocycles. The number of para-hydroxylation sites is 3. The van der Waals surface area contributed by atoms with Crippen molar-refractivity contribution in [3.63, 3.8) is 0 Å². The SMILES string of the molecule is C=C1C(=CC=CN(C2=CC=C3C4=CC=CCC4c4ccccc4C3C2)c2ccc(-c3cccc4c3oc3ccccc34)cc2)n2c3c(c4ccccc42)C=CCC13. The van der Waals surface area contributed by atoms with Gasteiger partial charge in [0.25, 0.3) is 0 Å². The maximum absolute atomic E-state index is 6.45. The first kappa shape index (κ1) is 32.4. The molecule has 0 N–H and O–H groups in total. The van der Waals surface area contributed by atoms with Crippen LogP contribution in [0.2, 0.25) is 0 Å². The Morgan fingerprint density at radius 2 is 1.44 bits per heavy atom. The third-order valence-corrected chi connectivity index (χ3v) is 13.1. The van der Waals surface area contributed by atoms with Crippen LogP contribution in [-0.2, 0) is 0 Å². The number of hydrogen-bond donors (Lipinski definition) is 0. The van der Waals surface area contributed by atoms with Gasteiger partial charge in [-0.1, -0.05) is 134 Å². The molecule has 5 aliphatic rings. The van der Waals surface area contributed by atoms with Gasteiger partial charge in [0.1, 0.15) is 11.2 Å². The number of anilines is 1. The molecule has 1 aliphatic heterocycles. The van der Waals surface area contributed by atoms with E-state index in [0.717, 1.165) is 58.0 Å². The zero-order valence-electron chi connectivity index (χ0n) is 31.6. The predicted octanol–water partition coefficient (Wildman–Crippen LogP) is 14.1. The second kappa shape index (κ2) is 12.6. The molecular weight excluding hydrogens is 693 g/mol. The van der Waals surface area contributed by atoms with E-state index in [-0.39, 0.29) is 0 Å². The highest BCUT2D eigenvalue weighted by Crippen LogP contribution is 2.53. The lowest BCUT2D eigenvalue weighted by molar-refractivity contribution is 0.660. The fourth-order valence-electron chi connectivity index (χ4n) is 10.5. The number of fused-ring (bicyclic) bond motifs is 12. The second-order valence-electron chi connectivity index (χ2n) is 16.0. The van der Waals surface area contributed by atoms with Crippen LogP contribution in [0.3, 0.4) is 0 Å². The average Bonchev–Trinajstić information content (AvgIpc) is 3.92. The Labute approximate surface area is 332 Å². The van der Waals surface area contributed by atoms with Gasteiger partial charge < -0.3 is 13.9 Å². The topological polar surface area (TPSA) is 21.3 Å². The Balaban J connectivity index is 0.969.